The molecule has 108 valence electrons. The van der Waals surface area contributed by atoms with Gasteiger partial charge in [0.05, 0.1) is 7.11 Å². The number of benzene rings is 1. The molecule has 0 radical (unpaired) electrons. The molecule has 0 amide bonds. The zero-order chi connectivity index (χ0) is 15.4. The minimum absolute atomic E-state index is 0.477. The van der Waals surface area contributed by atoms with Crippen molar-refractivity contribution in [3.8, 4) is 11.8 Å². The van der Waals surface area contributed by atoms with Crippen LogP contribution in [-0.4, -0.2) is 19.1 Å². The van der Waals surface area contributed by atoms with Crippen molar-refractivity contribution in [2.75, 3.05) is 19.1 Å². The molecule has 2 rings (SSSR count). The molecule has 0 aliphatic carbocycles. The molecule has 1 heterocycles. The van der Waals surface area contributed by atoms with E-state index in [9.17, 15) is 0 Å². The van der Waals surface area contributed by atoms with Crippen molar-refractivity contribution < 1.29 is 4.74 Å². The maximum atomic E-state index is 9.06. The predicted molar refractivity (Wildman–Crippen MR) is 83.5 cm³/mol. The molecule has 0 aliphatic heterocycles. The van der Waals surface area contributed by atoms with Gasteiger partial charge in [-0.15, -0.1) is 0 Å². The van der Waals surface area contributed by atoms with Crippen LogP contribution in [0.25, 0.3) is 0 Å². The van der Waals surface area contributed by atoms with Crippen LogP contribution < -0.4 is 9.64 Å². The minimum atomic E-state index is 0.477. The van der Waals surface area contributed by atoms with E-state index in [1.807, 2.05) is 50.1 Å². The molecule has 0 fully saturated rings. The van der Waals surface area contributed by atoms with Gasteiger partial charge in [-0.2, -0.15) is 5.26 Å². The number of pyridine rings is 1. The molecule has 1 aromatic carbocycles. The quantitative estimate of drug-likeness (QED) is 0.863. The molecule has 0 aliphatic rings. The number of hydrogen-bond donors (Lipinski definition) is 0. The fourth-order valence-corrected chi connectivity index (χ4v) is 2.24. The highest BCUT2D eigenvalue weighted by Crippen LogP contribution is 2.21. The first kappa shape index (κ1) is 14.9. The van der Waals surface area contributed by atoms with E-state index in [4.69, 9.17) is 10.00 Å². The van der Waals surface area contributed by atoms with Gasteiger partial charge in [0.15, 0.2) is 0 Å². The SMILES string of the molecule is COc1ccc(CN(C)c2ccc(C)c(C#N)n2)cc1C. The lowest BCUT2D eigenvalue weighted by atomic mass is 10.1. The highest BCUT2D eigenvalue weighted by Gasteiger charge is 2.08. The number of nitriles is 1. The predicted octanol–water partition coefficient (Wildman–Crippen LogP) is 3.22. The summed E-state index contributed by atoms with van der Waals surface area (Å²) in [5, 5.41) is 9.06. The third-order valence-electron chi connectivity index (χ3n) is 3.46. The van der Waals surface area contributed by atoms with Gasteiger partial charge in [-0.25, -0.2) is 4.98 Å². The maximum absolute atomic E-state index is 9.06. The van der Waals surface area contributed by atoms with Gasteiger partial charge in [0, 0.05) is 13.6 Å². The summed E-state index contributed by atoms with van der Waals surface area (Å²) in [5.74, 6) is 1.69. The molecule has 0 spiro atoms. The molecule has 0 bridgehead atoms. The van der Waals surface area contributed by atoms with E-state index in [-0.39, 0.29) is 0 Å². The number of aryl methyl sites for hydroxylation is 2. The van der Waals surface area contributed by atoms with E-state index in [1.54, 1.807) is 7.11 Å². The lowest BCUT2D eigenvalue weighted by Crippen LogP contribution is -2.18. The fourth-order valence-electron chi connectivity index (χ4n) is 2.24. The Morgan fingerprint density at radius 3 is 2.57 bits per heavy atom. The van der Waals surface area contributed by atoms with E-state index in [0.717, 1.165) is 29.2 Å². The highest BCUT2D eigenvalue weighted by atomic mass is 16.5. The maximum Gasteiger partial charge on any atom is 0.145 e. The van der Waals surface area contributed by atoms with Gasteiger partial charge in [-0.1, -0.05) is 18.2 Å². The third-order valence-corrected chi connectivity index (χ3v) is 3.46. The smallest absolute Gasteiger partial charge is 0.145 e. The molecule has 0 atom stereocenters. The van der Waals surface area contributed by atoms with E-state index >= 15 is 0 Å². The number of methoxy groups -OCH3 is 1. The van der Waals surface area contributed by atoms with Crippen molar-refractivity contribution in [1.82, 2.24) is 4.98 Å². The van der Waals surface area contributed by atoms with Crippen LogP contribution in [0.15, 0.2) is 30.3 Å². The Morgan fingerprint density at radius 2 is 1.95 bits per heavy atom. The van der Waals surface area contributed by atoms with Gasteiger partial charge in [0.25, 0.3) is 0 Å². The molecule has 4 nitrogen and oxygen atoms in total. The molecule has 0 saturated carbocycles. The summed E-state index contributed by atoms with van der Waals surface area (Å²) in [6.45, 7) is 4.65. The Labute approximate surface area is 125 Å². The first-order valence-electron chi connectivity index (χ1n) is 6.77. The average Bonchev–Trinajstić information content (AvgIpc) is 2.48. The Balaban J connectivity index is 2.20. The lowest BCUT2D eigenvalue weighted by Gasteiger charge is -2.19. The summed E-state index contributed by atoms with van der Waals surface area (Å²) in [5.41, 5.74) is 3.66. The van der Waals surface area contributed by atoms with Crippen LogP contribution in [-0.2, 0) is 6.54 Å². The monoisotopic (exact) mass is 281 g/mol. The second-order valence-electron chi connectivity index (χ2n) is 5.11. The fraction of sp³-hybridized carbons (Fsp3) is 0.294. The van der Waals surface area contributed by atoms with Crippen LogP contribution in [0.4, 0.5) is 5.82 Å². The zero-order valence-corrected chi connectivity index (χ0v) is 12.8. The summed E-state index contributed by atoms with van der Waals surface area (Å²) in [6.07, 6.45) is 0. The van der Waals surface area contributed by atoms with E-state index in [2.05, 4.69) is 17.1 Å². The standard InChI is InChI=1S/C17H19N3O/c1-12-5-8-17(19-15(12)10-18)20(3)11-14-6-7-16(21-4)13(2)9-14/h5-9H,11H2,1-4H3. The molecule has 0 N–H and O–H groups in total. The first-order valence-corrected chi connectivity index (χ1v) is 6.77. The molecule has 0 saturated heterocycles. The summed E-state index contributed by atoms with van der Waals surface area (Å²) in [7, 11) is 3.64. The van der Waals surface area contributed by atoms with Gasteiger partial charge >= 0.3 is 0 Å². The number of rotatable bonds is 4. The van der Waals surface area contributed by atoms with Crippen molar-refractivity contribution in [3.05, 3.63) is 52.7 Å². The van der Waals surface area contributed by atoms with Gasteiger partial charge in [-0.05, 0) is 42.7 Å². The van der Waals surface area contributed by atoms with Crippen molar-refractivity contribution in [2.24, 2.45) is 0 Å². The normalized spacial score (nSPS) is 10.0. The van der Waals surface area contributed by atoms with Crippen molar-refractivity contribution in [1.29, 1.82) is 5.26 Å². The van der Waals surface area contributed by atoms with Crippen LogP contribution in [0.1, 0.15) is 22.4 Å². The molecule has 4 heteroatoms. The molecule has 21 heavy (non-hydrogen) atoms. The molecule has 1 aromatic heterocycles. The average molecular weight is 281 g/mol. The van der Waals surface area contributed by atoms with Crippen molar-refractivity contribution in [2.45, 2.75) is 20.4 Å². The second-order valence-corrected chi connectivity index (χ2v) is 5.11. The van der Waals surface area contributed by atoms with Crippen LogP contribution in [0.2, 0.25) is 0 Å². The Bertz CT molecular complexity index is 689. The molecular weight excluding hydrogens is 262 g/mol. The van der Waals surface area contributed by atoms with Crippen LogP contribution >= 0.6 is 0 Å². The third kappa shape index (κ3) is 3.32. The number of aromatic nitrogens is 1. The highest BCUT2D eigenvalue weighted by molar-refractivity contribution is 5.45. The van der Waals surface area contributed by atoms with Crippen molar-refractivity contribution in [3.63, 3.8) is 0 Å². The van der Waals surface area contributed by atoms with E-state index in [0.29, 0.717) is 5.69 Å². The Morgan fingerprint density at radius 1 is 1.19 bits per heavy atom. The van der Waals surface area contributed by atoms with Gasteiger partial charge < -0.3 is 9.64 Å². The first-order chi connectivity index (χ1) is 10.0. The Hall–Kier alpha value is -2.54. The summed E-state index contributed by atoms with van der Waals surface area (Å²) in [4.78, 5) is 6.41. The van der Waals surface area contributed by atoms with E-state index < -0.39 is 0 Å². The minimum Gasteiger partial charge on any atom is -0.496 e. The zero-order valence-electron chi connectivity index (χ0n) is 12.8. The number of anilines is 1. The molecular formula is C17H19N3O. The van der Waals surface area contributed by atoms with Gasteiger partial charge in [0.1, 0.15) is 23.3 Å². The van der Waals surface area contributed by atoms with Crippen LogP contribution in [0.3, 0.4) is 0 Å². The summed E-state index contributed by atoms with van der Waals surface area (Å²) < 4.78 is 5.27. The number of ether oxygens (including phenoxy) is 1. The van der Waals surface area contributed by atoms with E-state index in [1.165, 1.54) is 5.56 Å². The van der Waals surface area contributed by atoms with Crippen LogP contribution in [0, 0.1) is 25.2 Å². The lowest BCUT2D eigenvalue weighted by molar-refractivity contribution is 0.411. The van der Waals surface area contributed by atoms with Gasteiger partial charge in [-0.3, -0.25) is 0 Å². The summed E-state index contributed by atoms with van der Waals surface area (Å²) >= 11 is 0. The second kappa shape index (κ2) is 6.27. The topological polar surface area (TPSA) is 49.1 Å². The largest absolute Gasteiger partial charge is 0.496 e. The van der Waals surface area contributed by atoms with Crippen LogP contribution in [0.5, 0.6) is 5.75 Å². The number of nitrogens with zero attached hydrogens (tertiary/aromatic N) is 3. The van der Waals surface area contributed by atoms with Gasteiger partial charge in [0.2, 0.25) is 0 Å². The molecule has 0 unspecified atom stereocenters. The summed E-state index contributed by atoms with van der Waals surface area (Å²) in [6, 6.07) is 12.1. The number of hydrogen-bond acceptors (Lipinski definition) is 4. The Kier molecular flexibility index (Phi) is 4.44. The van der Waals surface area contributed by atoms with Crippen molar-refractivity contribution >= 4 is 5.82 Å². The molecule has 2 aromatic rings.